The molecule has 0 bridgehead atoms. The molecule has 0 nitrogen and oxygen atoms in total. The minimum Gasteiger partial charge on any atom is -0.0645 e. The first-order valence-corrected chi connectivity index (χ1v) is 11.4. The van der Waals surface area contributed by atoms with E-state index in [1.54, 1.807) is 33.4 Å². The Bertz CT molecular complexity index is 637. The van der Waals surface area contributed by atoms with Gasteiger partial charge in [-0.25, -0.2) is 0 Å². The fourth-order valence-corrected chi connectivity index (χ4v) is 4.89. The highest BCUT2D eigenvalue weighted by molar-refractivity contribution is 5.47. The molecular weight excluding hydrogens is 324 g/mol. The first-order chi connectivity index (χ1) is 13.1. The molecule has 2 aromatic carbocycles. The van der Waals surface area contributed by atoms with Gasteiger partial charge in [0.2, 0.25) is 0 Å². The summed E-state index contributed by atoms with van der Waals surface area (Å²) in [5.74, 6) is 0.507. The number of hydrogen-bond acceptors (Lipinski definition) is 0. The van der Waals surface area contributed by atoms with Crippen LogP contribution in [0.4, 0.5) is 0 Å². The smallest absolute Gasteiger partial charge is 0.00871 e. The second-order valence-corrected chi connectivity index (χ2v) is 7.72. The third-order valence-electron chi connectivity index (χ3n) is 6.36. The zero-order chi connectivity index (χ0) is 20.0. The molecule has 0 N–H and O–H groups in total. The third-order valence-corrected chi connectivity index (χ3v) is 6.36. The first-order valence-electron chi connectivity index (χ1n) is 11.4. The van der Waals surface area contributed by atoms with E-state index in [0.717, 1.165) is 44.9 Å². The SMILES string of the molecule is CCc1cc(C(CC)c2cc(CC)c(CC)c(CC)c2)cc(CC)c1CC. The molecule has 0 heteroatoms. The summed E-state index contributed by atoms with van der Waals surface area (Å²) in [4.78, 5) is 0. The van der Waals surface area contributed by atoms with Crippen LogP contribution in [0.2, 0.25) is 0 Å². The average Bonchev–Trinajstić information content (AvgIpc) is 2.72. The molecule has 148 valence electrons. The standard InChI is InChI=1S/C27H40/c1-8-19-15-23(16-20(9-2)25(19)12-5)27(14-7)24-17-21(10-3)26(13-6)22(11-4)18-24/h15-18,27H,8-14H2,1-7H3. The molecular formula is C27H40. The summed E-state index contributed by atoms with van der Waals surface area (Å²) in [7, 11) is 0. The summed E-state index contributed by atoms with van der Waals surface area (Å²) in [6.07, 6.45) is 8.00. The lowest BCUT2D eigenvalue weighted by atomic mass is 9.81. The highest BCUT2D eigenvalue weighted by Crippen LogP contribution is 2.34. The minimum absolute atomic E-state index is 0.507. The van der Waals surface area contributed by atoms with Gasteiger partial charge in [0.15, 0.2) is 0 Å². The molecule has 0 fully saturated rings. The molecule has 0 saturated heterocycles. The van der Waals surface area contributed by atoms with E-state index in [4.69, 9.17) is 0 Å². The van der Waals surface area contributed by atoms with Crippen LogP contribution in [0.3, 0.4) is 0 Å². The maximum atomic E-state index is 2.51. The zero-order valence-electron chi connectivity index (χ0n) is 18.8. The van der Waals surface area contributed by atoms with Crippen molar-refractivity contribution in [3.63, 3.8) is 0 Å². The second kappa shape index (κ2) is 10.1. The molecule has 2 aromatic rings. The van der Waals surface area contributed by atoms with Gasteiger partial charge >= 0.3 is 0 Å². The van der Waals surface area contributed by atoms with Gasteiger partial charge in [0.05, 0.1) is 0 Å². The van der Waals surface area contributed by atoms with Crippen LogP contribution in [0, 0.1) is 0 Å². The van der Waals surface area contributed by atoms with E-state index in [0.29, 0.717) is 5.92 Å². The van der Waals surface area contributed by atoms with Crippen molar-refractivity contribution in [3.8, 4) is 0 Å². The van der Waals surface area contributed by atoms with Crippen molar-refractivity contribution in [1.29, 1.82) is 0 Å². The van der Waals surface area contributed by atoms with E-state index < -0.39 is 0 Å². The van der Waals surface area contributed by atoms with E-state index in [1.807, 2.05) is 0 Å². The van der Waals surface area contributed by atoms with E-state index in [-0.39, 0.29) is 0 Å². The van der Waals surface area contributed by atoms with Gasteiger partial charge < -0.3 is 0 Å². The molecule has 2 rings (SSSR count). The highest BCUT2D eigenvalue weighted by Gasteiger charge is 2.18. The van der Waals surface area contributed by atoms with E-state index in [9.17, 15) is 0 Å². The molecule has 0 amide bonds. The molecule has 0 atom stereocenters. The lowest BCUT2D eigenvalue weighted by Crippen LogP contribution is -2.08. The molecule has 0 unspecified atom stereocenters. The molecule has 0 aliphatic carbocycles. The molecule has 0 aliphatic heterocycles. The topological polar surface area (TPSA) is 0 Å². The molecule has 0 aromatic heterocycles. The van der Waals surface area contributed by atoms with Gasteiger partial charge in [-0.1, -0.05) is 72.7 Å². The normalized spacial score (nSPS) is 11.4. The Kier molecular flexibility index (Phi) is 8.14. The highest BCUT2D eigenvalue weighted by atomic mass is 14.2. The lowest BCUT2D eigenvalue weighted by molar-refractivity contribution is 0.765. The van der Waals surface area contributed by atoms with E-state index in [2.05, 4.69) is 72.7 Å². The lowest BCUT2D eigenvalue weighted by Gasteiger charge is -2.23. The Balaban J connectivity index is 2.63. The van der Waals surface area contributed by atoms with Crippen molar-refractivity contribution in [2.75, 3.05) is 0 Å². The van der Waals surface area contributed by atoms with E-state index in [1.165, 1.54) is 11.1 Å². The molecule has 0 heterocycles. The van der Waals surface area contributed by atoms with Crippen molar-refractivity contribution in [1.82, 2.24) is 0 Å². The maximum absolute atomic E-state index is 2.51. The van der Waals surface area contributed by atoms with Gasteiger partial charge in [0.1, 0.15) is 0 Å². The van der Waals surface area contributed by atoms with Crippen LogP contribution in [-0.4, -0.2) is 0 Å². The summed E-state index contributed by atoms with van der Waals surface area (Å²) in [6.45, 7) is 16.2. The van der Waals surface area contributed by atoms with Crippen LogP contribution in [0.15, 0.2) is 24.3 Å². The Morgan fingerprint density at radius 2 is 0.778 bits per heavy atom. The van der Waals surface area contributed by atoms with Gasteiger partial charge in [-0.2, -0.15) is 0 Å². The largest absolute Gasteiger partial charge is 0.0645 e. The molecule has 27 heavy (non-hydrogen) atoms. The quantitative estimate of drug-likeness (QED) is 0.429. The predicted octanol–water partition coefficient (Wildman–Crippen LogP) is 7.60. The number of rotatable bonds is 9. The number of aryl methyl sites for hydroxylation is 4. The van der Waals surface area contributed by atoms with Crippen molar-refractivity contribution in [3.05, 3.63) is 68.8 Å². The first kappa shape index (κ1) is 21.7. The zero-order valence-corrected chi connectivity index (χ0v) is 18.8. The Morgan fingerprint density at radius 3 is 0.963 bits per heavy atom. The van der Waals surface area contributed by atoms with E-state index >= 15 is 0 Å². The van der Waals surface area contributed by atoms with Crippen LogP contribution in [0.1, 0.15) is 105 Å². The molecule has 0 radical (unpaired) electrons. The average molecular weight is 365 g/mol. The van der Waals surface area contributed by atoms with Crippen LogP contribution < -0.4 is 0 Å². The van der Waals surface area contributed by atoms with Gasteiger partial charge in [-0.15, -0.1) is 0 Å². The van der Waals surface area contributed by atoms with Crippen molar-refractivity contribution < 1.29 is 0 Å². The molecule has 0 aliphatic rings. The summed E-state index contributed by atoms with van der Waals surface area (Å²) < 4.78 is 0. The molecule has 0 saturated carbocycles. The minimum atomic E-state index is 0.507. The fourth-order valence-electron chi connectivity index (χ4n) is 4.89. The van der Waals surface area contributed by atoms with Gasteiger partial charge in [-0.3, -0.25) is 0 Å². The summed E-state index contributed by atoms with van der Waals surface area (Å²) in [5.41, 5.74) is 12.5. The van der Waals surface area contributed by atoms with Crippen LogP contribution in [0.25, 0.3) is 0 Å². The number of hydrogen-bond donors (Lipinski definition) is 0. The Hall–Kier alpha value is -1.56. The van der Waals surface area contributed by atoms with Crippen LogP contribution in [-0.2, 0) is 38.5 Å². The van der Waals surface area contributed by atoms with Gasteiger partial charge in [-0.05, 0) is 89.5 Å². The summed E-state index contributed by atoms with van der Waals surface area (Å²) in [5, 5.41) is 0. The Morgan fingerprint density at radius 1 is 0.481 bits per heavy atom. The predicted molar refractivity (Wildman–Crippen MR) is 121 cm³/mol. The van der Waals surface area contributed by atoms with Crippen LogP contribution >= 0.6 is 0 Å². The fraction of sp³-hybridized carbons (Fsp3) is 0.556. The van der Waals surface area contributed by atoms with Crippen molar-refractivity contribution >= 4 is 0 Å². The van der Waals surface area contributed by atoms with Gasteiger partial charge in [0, 0.05) is 5.92 Å². The third kappa shape index (κ3) is 4.48. The molecule has 0 spiro atoms. The monoisotopic (exact) mass is 364 g/mol. The second-order valence-electron chi connectivity index (χ2n) is 7.72. The summed E-state index contributed by atoms with van der Waals surface area (Å²) in [6, 6.07) is 10.0. The summed E-state index contributed by atoms with van der Waals surface area (Å²) >= 11 is 0. The maximum Gasteiger partial charge on any atom is 0.00871 e. The van der Waals surface area contributed by atoms with Crippen molar-refractivity contribution in [2.45, 2.75) is 99.3 Å². The number of benzene rings is 2. The van der Waals surface area contributed by atoms with Crippen molar-refractivity contribution in [2.24, 2.45) is 0 Å². The Labute approximate surface area is 168 Å². The van der Waals surface area contributed by atoms with Crippen LogP contribution in [0.5, 0.6) is 0 Å². The van der Waals surface area contributed by atoms with Gasteiger partial charge in [0.25, 0.3) is 0 Å².